The Labute approximate surface area is 89.9 Å². The average molecular weight is 218 g/mol. The number of nitrogens with one attached hydrogen (secondary N) is 1. The first-order valence-corrected chi connectivity index (χ1v) is 4.73. The Balaban J connectivity index is 2.31. The maximum Gasteiger partial charge on any atom is 0.253 e. The van der Waals surface area contributed by atoms with Crippen LogP contribution in [0, 0.1) is 5.82 Å². The fourth-order valence-corrected chi connectivity index (χ4v) is 1.74. The fourth-order valence-electron chi connectivity index (χ4n) is 1.74. The summed E-state index contributed by atoms with van der Waals surface area (Å²) in [5, 5.41) is 10.3. The summed E-state index contributed by atoms with van der Waals surface area (Å²) in [7, 11) is 0. The highest BCUT2D eigenvalue weighted by molar-refractivity contribution is 5.98. The third kappa shape index (κ3) is 1.19. The van der Waals surface area contributed by atoms with E-state index in [4.69, 9.17) is 0 Å². The first-order valence-electron chi connectivity index (χ1n) is 4.73. The molecule has 0 fully saturated rings. The molecular formula is C10H7FN4O. The van der Waals surface area contributed by atoms with Crippen LogP contribution in [0.5, 0.6) is 0 Å². The topological polar surface area (TPSA) is 59.8 Å². The number of fused-ring (bicyclic) bond motifs is 3. The third-order valence-corrected chi connectivity index (χ3v) is 2.49. The van der Waals surface area contributed by atoms with E-state index >= 15 is 0 Å². The van der Waals surface area contributed by atoms with Crippen LogP contribution in [0.4, 0.5) is 4.39 Å². The van der Waals surface area contributed by atoms with E-state index in [0.717, 1.165) is 0 Å². The summed E-state index contributed by atoms with van der Waals surface area (Å²) in [5.41, 5.74) is 0.884. The van der Waals surface area contributed by atoms with Crippen molar-refractivity contribution >= 4 is 5.91 Å². The number of nitrogens with zero attached hydrogens (tertiary/aromatic N) is 3. The number of carbonyl (C=O) groups is 1. The van der Waals surface area contributed by atoms with Crippen LogP contribution in [-0.4, -0.2) is 20.7 Å². The molecule has 1 aliphatic heterocycles. The summed E-state index contributed by atoms with van der Waals surface area (Å²) in [4.78, 5) is 11.7. The lowest BCUT2D eigenvalue weighted by Crippen LogP contribution is -2.21. The molecule has 6 heteroatoms. The number of aromatic nitrogens is 3. The molecular weight excluding hydrogens is 211 g/mol. The number of hydrogen-bond donors (Lipinski definition) is 1. The van der Waals surface area contributed by atoms with Gasteiger partial charge in [-0.3, -0.25) is 9.36 Å². The highest BCUT2D eigenvalue weighted by Gasteiger charge is 2.20. The number of halogens is 1. The Bertz CT molecular complexity index is 578. The Hall–Kier alpha value is -2.24. The normalized spacial score (nSPS) is 13.7. The van der Waals surface area contributed by atoms with Crippen LogP contribution in [0.1, 0.15) is 16.2 Å². The molecule has 1 aromatic heterocycles. The maximum atomic E-state index is 13.1. The lowest BCUT2D eigenvalue weighted by Gasteiger charge is -2.05. The standard InChI is InChI=1S/C10H7FN4O/c11-6-1-2-8-7(3-6)10(16)12-4-9-14-13-5-15(8)9/h1-3,5H,4H2,(H,12,16). The molecule has 0 atom stereocenters. The van der Waals surface area contributed by atoms with Gasteiger partial charge in [-0.25, -0.2) is 4.39 Å². The van der Waals surface area contributed by atoms with Crippen LogP contribution in [-0.2, 0) is 6.54 Å². The van der Waals surface area contributed by atoms with Gasteiger partial charge >= 0.3 is 0 Å². The van der Waals surface area contributed by atoms with Gasteiger partial charge in [0.15, 0.2) is 5.82 Å². The van der Waals surface area contributed by atoms with Crippen molar-refractivity contribution in [2.45, 2.75) is 6.54 Å². The maximum absolute atomic E-state index is 13.1. The predicted octanol–water partition coefficient (Wildman–Crippen LogP) is 0.650. The van der Waals surface area contributed by atoms with E-state index in [1.54, 1.807) is 10.6 Å². The van der Waals surface area contributed by atoms with Crippen molar-refractivity contribution in [3.05, 3.63) is 41.7 Å². The molecule has 0 unspecified atom stereocenters. The van der Waals surface area contributed by atoms with Gasteiger partial charge in [-0.05, 0) is 18.2 Å². The summed E-state index contributed by atoms with van der Waals surface area (Å²) in [5.74, 6) is -0.121. The molecule has 5 nitrogen and oxygen atoms in total. The first kappa shape index (κ1) is 9.02. The van der Waals surface area contributed by atoms with E-state index in [1.165, 1.54) is 18.5 Å². The van der Waals surface area contributed by atoms with Gasteiger partial charge in [-0.1, -0.05) is 0 Å². The molecule has 1 N–H and O–H groups in total. The van der Waals surface area contributed by atoms with Crippen molar-refractivity contribution in [2.24, 2.45) is 0 Å². The molecule has 80 valence electrons. The molecule has 0 saturated heterocycles. The SMILES string of the molecule is O=C1NCc2nncn2-c2ccc(F)cc21. The zero-order valence-electron chi connectivity index (χ0n) is 8.14. The van der Waals surface area contributed by atoms with Gasteiger partial charge in [-0.2, -0.15) is 0 Å². The molecule has 1 aromatic carbocycles. The second-order valence-corrected chi connectivity index (χ2v) is 3.46. The minimum atomic E-state index is -0.439. The van der Waals surface area contributed by atoms with E-state index in [-0.39, 0.29) is 12.5 Å². The Kier molecular flexibility index (Phi) is 1.76. The molecule has 0 saturated carbocycles. The van der Waals surface area contributed by atoms with Crippen LogP contribution in [0.3, 0.4) is 0 Å². The summed E-state index contributed by atoms with van der Waals surface area (Å²) in [6.07, 6.45) is 1.51. The van der Waals surface area contributed by atoms with Crippen LogP contribution in [0.2, 0.25) is 0 Å². The lowest BCUT2D eigenvalue weighted by atomic mass is 10.1. The Morgan fingerprint density at radius 1 is 1.44 bits per heavy atom. The molecule has 0 aliphatic carbocycles. The molecule has 1 aliphatic rings. The first-order chi connectivity index (χ1) is 7.75. The fraction of sp³-hybridized carbons (Fsp3) is 0.100. The van der Waals surface area contributed by atoms with E-state index in [2.05, 4.69) is 15.5 Å². The van der Waals surface area contributed by atoms with E-state index in [1.807, 2.05) is 0 Å². The average Bonchev–Trinajstić information content (AvgIpc) is 2.69. The summed E-state index contributed by atoms with van der Waals surface area (Å²) in [6.45, 7) is 0.287. The summed E-state index contributed by atoms with van der Waals surface area (Å²) >= 11 is 0. The van der Waals surface area contributed by atoms with E-state index < -0.39 is 5.82 Å². The van der Waals surface area contributed by atoms with Gasteiger partial charge in [0, 0.05) is 0 Å². The third-order valence-electron chi connectivity index (χ3n) is 2.49. The molecule has 1 amide bonds. The van der Waals surface area contributed by atoms with Gasteiger partial charge < -0.3 is 5.32 Å². The number of benzene rings is 1. The predicted molar refractivity (Wildman–Crippen MR) is 52.5 cm³/mol. The summed E-state index contributed by atoms with van der Waals surface area (Å²) < 4.78 is 14.8. The van der Waals surface area contributed by atoms with Crippen molar-refractivity contribution in [1.29, 1.82) is 0 Å². The van der Waals surface area contributed by atoms with Gasteiger partial charge in [0.1, 0.15) is 12.1 Å². The van der Waals surface area contributed by atoms with E-state index in [0.29, 0.717) is 17.1 Å². The van der Waals surface area contributed by atoms with Gasteiger partial charge in [0.05, 0.1) is 17.8 Å². The van der Waals surface area contributed by atoms with Gasteiger partial charge in [-0.15, -0.1) is 10.2 Å². The van der Waals surface area contributed by atoms with Crippen molar-refractivity contribution < 1.29 is 9.18 Å². The van der Waals surface area contributed by atoms with Crippen LogP contribution in [0.15, 0.2) is 24.5 Å². The molecule has 0 bridgehead atoms. The van der Waals surface area contributed by atoms with Crippen molar-refractivity contribution in [3.63, 3.8) is 0 Å². The zero-order valence-corrected chi connectivity index (χ0v) is 8.14. The molecule has 0 radical (unpaired) electrons. The van der Waals surface area contributed by atoms with Crippen LogP contribution < -0.4 is 5.32 Å². The Morgan fingerprint density at radius 3 is 3.19 bits per heavy atom. The van der Waals surface area contributed by atoms with Crippen LogP contribution in [0.25, 0.3) is 5.69 Å². The number of carbonyl (C=O) groups excluding carboxylic acids is 1. The smallest absolute Gasteiger partial charge is 0.253 e. The molecule has 3 rings (SSSR count). The summed E-state index contributed by atoms with van der Waals surface area (Å²) in [6, 6.07) is 4.06. The van der Waals surface area contributed by atoms with Crippen LogP contribution >= 0.6 is 0 Å². The second-order valence-electron chi connectivity index (χ2n) is 3.46. The molecule has 2 aromatic rings. The quantitative estimate of drug-likeness (QED) is 0.706. The number of amides is 1. The monoisotopic (exact) mass is 218 g/mol. The molecule has 2 heterocycles. The minimum Gasteiger partial charge on any atom is -0.345 e. The van der Waals surface area contributed by atoms with Crippen molar-refractivity contribution in [3.8, 4) is 5.69 Å². The molecule has 16 heavy (non-hydrogen) atoms. The lowest BCUT2D eigenvalue weighted by molar-refractivity contribution is 0.0952. The number of hydrogen-bond acceptors (Lipinski definition) is 3. The van der Waals surface area contributed by atoms with E-state index in [9.17, 15) is 9.18 Å². The Morgan fingerprint density at radius 2 is 2.31 bits per heavy atom. The number of rotatable bonds is 0. The highest BCUT2D eigenvalue weighted by Crippen LogP contribution is 2.19. The van der Waals surface area contributed by atoms with Gasteiger partial charge in [0.25, 0.3) is 5.91 Å². The van der Waals surface area contributed by atoms with Gasteiger partial charge in [0.2, 0.25) is 0 Å². The van der Waals surface area contributed by atoms with Crippen molar-refractivity contribution in [2.75, 3.05) is 0 Å². The highest BCUT2D eigenvalue weighted by atomic mass is 19.1. The molecule has 0 spiro atoms. The van der Waals surface area contributed by atoms with Crippen molar-refractivity contribution in [1.82, 2.24) is 20.1 Å². The second kappa shape index (κ2) is 3.13. The zero-order chi connectivity index (χ0) is 11.1. The largest absolute Gasteiger partial charge is 0.345 e. The minimum absolute atomic E-state index is 0.287.